The maximum Gasteiger partial charge on any atom is 0.308 e. The van der Waals surface area contributed by atoms with Crippen LogP contribution in [0, 0.1) is 0 Å². The predicted molar refractivity (Wildman–Crippen MR) is 119 cm³/mol. The Morgan fingerprint density at radius 1 is 0.968 bits per heavy atom. The van der Waals surface area contributed by atoms with E-state index in [1.54, 1.807) is 29.2 Å². The fourth-order valence-electron chi connectivity index (χ4n) is 3.90. The molecule has 3 aromatic carbocycles. The summed E-state index contributed by atoms with van der Waals surface area (Å²) in [6.07, 6.45) is 0.867. The van der Waals surface area contributed by atoms with Crippen LogP contribution in [0.4, 0.5) is 5.69 Å². The van der Waals surface area contributed by atoms with Crippen LogP contribution >= 0.6 is 0 Å². The van der Waals surface area contributed by atoms with Crippen molar-refractivity contribution >= 4 is 28.3 Å². The standard InChI is InChI=1S/C25H25NO5/c1-4-14-30-23-19-8-6-7-9-20(19)24(29-5-2)22-21(23)15-26(25(22)28)17-10-12-18(13-11-17)31-16(3)27/h6-13H,4-5,14-15H2,1-3H3. The Bertz CT molecular complexity index is 1140. The van der Waals surface area contributed by atoms with Crippen LogP contribution in [-0.4, -0.2) is 25.1 Å². The van der Waals surface area contributed by atoms with Crippen LogP contribution in [-0.2, 0) is 11.3 Å². The number of esters is 1. The van der Waals surface area contributed by atoms with Crippen LogP contribution in [0.3, 0.4) is 0 Å². The van der Waals surface area contributed by atoms with Crippen LogP contribution in [0.15, 0.2) is 48.5 Å². The van der Waals surface area contributed by atoms with Gasteiger partial charge in [-0.05, 0) is 37.6 Å². The van der Waals surface area contributed by atoms with Crippen molar-refractivity contribution in [3.8, 4) is 17.2 Å². The van der Waals surface area contributed by atoms with E-state index in [1.807, 2.05) is 31.2 Å². The third-order valence-electron chi connectivity index (χ3n) is 5.14. The Morgan fingerprint density at radius 2 is 1.65 bits per heavy atom. The van der Waals surface area contributed by atoms with Gasteiger partial charge < -0.3 is 19.1 Å². The molecule has 0 saturated heterocycles. The molecule has 0 fully saturated rings. The van der Waals surface area contributed by atoms with E-state index in [0.717, 1.165) is 28.5 Å². The van der Waals surface area contributed by atoms with E-state index in [4.69, 9.17) is 14.2 Å². The van der Waals surface area contributed by atoms with Crippen molar-refractivity contribution in [3.05, 3.63) is 59.7 Å². The fraction of sp³-hybridized carbons (Fsp3) is 0.280. The molecule has 31 heavy (non-hydrogen) atoms. The molecule has 160 valence electrons. The molecule has 0 spiro atoms. The second-order valence-electron chi connectivity index (χ2n) is 7.32. The van der Waals surface area contributed by atoms with Gasteiger partial charge in [-0.25, -0.2) is 0 Å². The number of carbonyl (C=O) groups excluding carboxylic acids is 2. The quantitative estimate of drug-likeness (QED) is 0.393. The Balaban J connectivity index is 1.82. The van der Waals surface area contributed by atoms with Crippen molar-refractivity contribution in [2.24, 2.45) is 0 Å². The van der Waals surface area contributed by atoms with Gasteiger partial charge in [0.2, 0.25) is 0 Å². The molecule has 1 aliphatic heterocycles. The molecule has 0 aromatic heterocycles. The zero-order valence-electron chi connectivity index (χ0n) is 17.9. The SMILES string of the molecule is CCCOc1c2c(c(OCC)c3ccccc13)C(=O)N(c1ccc(OC(C)=O)cc1)C2. The van der Waals surface area contributed by atoms with Crippen LogP contribution in [0.2, 0.25) is 0 Å². The van der Waals surface area contributed by atoms with Crippen molar-refractivity contribution in [1.82, 2.24) is 0 Å². The maximum absolute atomic E-state index is 13.5. The number of carbonyl (C=O) groups is 2. The van der Waals surface area contributed by atoms with Gasteiger partial charge in [0.25, 0.3) is 5.91 Å². The number of hydrogen-bond donors (Lipinski definition) is 0. The van der Waals surface area contributed by atoms with E-state index in [9.17, 15) is 9.59 Å². The van der Waals surface area contributed by atoms with Crippen LogP contribution in [0.5, 0.6) is 17.2 Å². The molecule has 1 heterocycles. The summed E-state index contributed by atoms with van der Waals surface area (Å²) in [5.74, 6) is 1.26. The largest absolute Gasteiger partial charge is 0.493 e. The Morgan fingerprint density at radius 3 is 2.26 bits per heavy atom. The molecule has 6 heteroatoms. The summed E-state index contributed by atoms with van der Waals surface area (Å²) in [7, 11) is 0. The first-order chi connectivity index (χ1) is 15.0. The number of nitrogens with zero attached hydrogens (tertiary/aromatic N) is 1. The molecule has 0 saturated carbocycles. The van der Waals surface area contributed by atoms with Gasteiger partial charge in [-0.3, -0.25) is 9.59 Å². The lowest BCUT2D eigenvalue weighted by Gasteiger charge is -2.17. The molecule has 1 aliphatic rings. The third kappa shape index (κ3) is 3.81. The number of amides is 1. The van der Waals surface area contributed by atoms with E-state index < -0.39 is 0 Å². The van der Waals surface area contributed by atoms with Crippen LogP contribution in [0.1, 0.15) is 43.1 Å². The van der Waals surface area contributed by atoms with E-state index >= 15 is 0 Å². The first-order valence-corrected chi connectivity index (χ1v) is 10.5. The molecule has 6 nitrogen and oxygen atoms in total. The summed E-state index contributed by atoms with van der Waals surface area (Å²) in [5.41, 5.74) is 2.10. The smallest absolute Gasteiger partial charge is 0.308 e. The lowest BCUT2D eigenvalue weighted by molar-refractivity contribution is -0.131. The Labute approximate surface area is 181 Å². The maximum atomic E-state index is 13.5. The molecule has 0 atom stereocenters. The van der Waals surface area contributed by atoms with Crippen molar-refractivity contribution in [2.45, 2.75) is 33.7 Å². The topological polar surface area (TPSA) is 65.1 Å². The zero-order valence-corrected chi connectivity index (χ0v) is 17.9. The molecular weight excluding hydrogens is 394 g/mol. The van der Waals surface area contributed by atoms with Crippen molar-refractivity contribution in [3.63, 3.8) is 0 Å². The first kappa shape index (κ1) is 20.7. The third-order valence-corrected chi connectivity index (χ3v) is 5.14. The number of fused-ring (bicyclic) bond motifs is 2. The van der Waals surface area contributed by atoms with Crippen molar-refractivity contribution in [1.29, 1.82) is 0 Å². The second-order valence-corrected chi connectivity index (χ2v) is 7.32. The number of rotatable bonds is 7. The summed E-state index contributed by atoms with van der Waals surface area (Å²) in [5, 5.41) is 1.81. The van der Waals surface area contributed by atoms with Gasteiger partial charge in [0, 0.05) is 28.9 Å². The monoisotopic (exact) mass is 419 g/mol. The van der Waals surface area contributed by atoms with Crippen molar-refractivity contribution in [2.75, 3.05) is 18.1 Å². The minimum atomic E-state index is -0.386. The average Bonchev–Trinajstić information content (AvgIpc) is 3.10. The van der Waals surface area contributed by atoms with Crippen LogP contribution in [0.25, 0.3) is 10.8 Å². The average molecular weight is 419 g/mol. The summed E-state index contributed by atoms with van der Waals surface area (Å²) >= 11 is 0. The minimum absolute atomic E-state index is 0.134. The summed E-state index contributed by atoms with van der Waals surface area (Å²) in [6.45, 7) is 6.72. The van der Waals surface area contributed by atoms with Gasteiger partial charge in [-0.2, -0.15) is 0 Å². The highest BCUT2D eigenvalue weighted by Crippen LogP contribution is 2.46. The number of benzene rings is 3. The molecule has 0 N–H and O–H groups in total. The second kappa shape index (κ2) is 8.68. The lowest BCUT2D eigenvalue weighted by Crippen LogP contribution is -2.23. The van der Waals surface area contributed by atoms with Crippen LogP contribution < -0.4 is 19.1 Å². The van der Waals surface area contributed by atoms with Gasteiger partial charge in [-0.1, -0.05) is 31.2 Å². The molecular formula is C25H25NO5. The number of hydrogen-bond acceptors (Lipinski definition) is 5. The van der Waals surface area contributed by atoms with Gasteiger partial charge >= 0.3 is 5.97 Å². The lowest BCUT2D eigenvalue weighted by atomic mass is 9.99. The molecule has 0 bridgehead atoms. The molecule has 0 radical (unpaired) electrons. The number of ether oxygens (including phenoxy) is 3. The van der Waals surface area contributed by atoms with Gasteiger partial charge in [-0.15, -0.1) is 0 Å². The van der Waals surface area contributed by atoms with E-state index in [1.165, 1.54) is 6.92 Å². The summed E-state index contributed by atoms with van der Waals surface area (Å²) in [4.78, 5) is 26.4. The van der Waals surface area contributed by atoms with E-state index in [0.29, 0.717) is 42.5 Å². The zero-order chi connectivity index (χ0) is 22.0. The minimum Gasteiger partial charge on any atom is -0.493 e. The molecule has 4 rings (SSSR count). The van der Waals surface area contributed by atoms with E-state index in [2.05, 4.69) is 6.92 Å². The molecule has 0 unspecified atom stereocenters. The van der Waals surface area contributed by atoms with Gasteiger partial charge in [0.05, 0.1) is 25.3 Å². The highest BCUT2D eigenvalue weighted by Gasteiger charge is 2.36. The highest BCUT2D eigenvalue weighted by atomic mass is 16.5. The molecule has 1 amide bonds. The van der Waals surface area contributed by atoms with E-state index in [-0.39, 0.29) is 11.9 Å². The summed E-state index contributed by atoms with van der Waals surface area (Å²) < 4.78 is 17.2. The summed E-state index contributed by atoms with van der Waals surface area (Å²) in [6, 6.07) is 14.8. The highest BCUT2D eigenvalue weighted by molar-refractivity contribution is 6.16. The Kier molecular flexibility index (Phi) is 5.80. The van der Waals surface area contributed by atoms with Gasteiger partial charge in [0.1, 0.15) is 17.2 Å². The van der Waals surface area contributed by atoms with Crippen molar-refractivity contribution < 1.29 is 23.8 Å². The fourth-order valence-corrected chi connectivity index (χ4v) is 3.90. The normalized spacial score (nSPS) is 12.7. The Hall–Kier alpha value is -3.54. The molecule has 3 aromatic rings. The predicted octanol–water partition coefficient (Wildman–Crippen LogP) is 5.11. The number of anilines is 1. The molecule has 0 aliphatic carbocycles. The first-order valence-electron chi connectivity index (χ1n) is 10.5. The van der Waals surface area contributed by atoms with Gasteiger partial charge in [0.15, 0.2) is 0 Å².